The van der Waals surface area contributed by atoms with Crippen LogP contribution in [0.4, 0.5) is 11.9 Å². The molecule has 2 heterocycles. The van der Waals surface area contributed by atoms with Gasteiger partial charge >= 0.3 is 0 Å². The van der Waals surface area contributed by atoms with Gasteiger partial charge in [-0.1, -0.05) is 0 Å². The average Bonchev–Trinajstić information content (AvgIpc) is 2.88. The van der Waals surface area contributed by atoms with E-state index in [1.165, 1.54) is 10.4 Å². The van der Waals surface area contributed by atoms with E-state index in [-0.39, 0.29) is 0 Å². The summed E-state index contributed by atoms with van der Waals surface area (Å²) >= 11 is 1.79. The third-order valence-electron chi connectivity index (χ3n) is 2.36. The maximum absolute atomic E-state index is 4.30. The van der Waals surface area contributed by atoms with Crippen molar-refractivity contribution in [3.05, 3.63) is 21.9 Å². The van der Waals surface area contributed by atoms with Gasteiger partial charge in [0.2, 0.25) is 11.9 Å². The molecular formula is C11H17N5S. The summed E-state index contributed by atoms with van der Waals surface area (Å²) in [5.74, 6) is 1.42. The number of aromatic nitrogens is 3. The quantitative estimate of drug-likeness (QED) is 0.852. The lowest BCUT2D eigenvalue weighted by molar-refractivity contribution is 0.983. The van der Waals surface area contributed by atoms with Crippen LogP contribution in [0.15, 0.2) is 11.4 Å². The maximum atomic E-state index is 4.30. The Balaban J connectivity index is 1.81. The van der Waals surface area contributed by atoms with E-state index in [9.17, 15) is 0 Å². The minimum absolute atomic E-state index is 0.693. The highest BCUT2D eigenvalue weighted by atomic mass is 32.1. The fourth-order valence-electron chi connectivity index (χ4n) is 1.49. The molecule has 0 atom stereocenters. The summed E-state index contributed by atoms with van der Waals surface area (Å²) in [5, 5.41) is 12.4. The first kappa shape index (κ1) is 11.9. The summed E-state index contributed by atoms with van der Waals surface area (Å²) in [6.07, 6.45) is 1.00. The van der Waals surface area contributed by atoms with Gasteiger partial charge in [0.1, 0.15) is 0 Å². The van der Waals surface area contributed by atoms with E-state index in [2.05, 4.69) is 38.9 Å². The van der Waals surface area contributed by atoms with Gasteiger partial charge in [-0.3, -0.25) is 0 Å². The van der Waals surface area contributed by atoms with Gasteiger partial charge in [0.15, 0.2) is 0 Å². The van der Waals surface area contributed by atoms with Gasteiger partial charge in [-0.15, -0.1) is 16.4 Å². The molecule has 0 aliphatic rings. The van der Waals surface area contributed by atoms with Gasteiger partial charge in [0, 0.05) is 25.5 Å². The number of hydrogen-bond donors (Lipinski definition) is 2. The third kappa shape index (κ3) is 3.20. The van der Waals surface area contributed by atoms with Crippen molar-refractivity contribution < 1.29 is 0 Å². The number of H-pyrrole nitrogens is 1. The van der Waals surface area contributed by atoms with Crippen LogP contribution in [-0.2, 0) is 6.42 Å². The molecule has 0 spiro atoms. The first-order valence-electron chi connectivity index (χ1n) is 5.53. The molecule has 0 amide bonds. The predicted molar refractivity (Wildman–Crippen MR) is 72.0 cm³/mol. The van der Waals surface area contributed by atoms with Gasteiger partial charge in [0.25, 0.3) is 0 Å². The molecule has 0 aromatic carbocycles. The lowest BCUT2D eigenvalue weighted by Crippen LogP contribution is -2.10. The fraction of sp³-hybridized carbons (Fsp3) is 0.455. The van der Waals surface area contributed by atoms with Gasteiger partial charge in [-0.2, -0.15) is 4.98 Å². The van der Waals surface area contributed by atoms with Crippen LogP contribution < -0.4 is 10.2 Å². The number of hydrogen-bond acceptors (Lipinski definition) is 5. The Kier molecular flexibility index (Phi) is 3.63. The summed E-state index contributed by atoms with van der Waals surface area (Å²) in [7, 11) is 3.84. The molecule has 0 unspecified atom stereocenters. The first-order chi connectivity index (χ1) is 8.15. The van der Waals surface area contributed by atoms with Crippen LogP contribution in [0.5, 0.6) is 0 Å². The summed E-state index contributed by atoms with van der Waals surface area (Å²) in [6.45, 7) is 2.99. The van der Waals surface area contributed by atoms with Gasteiger partial charge in [0.05, 0.1) is 0 Å². The molecule has 6 heteroatoms. The topological polar surface area (TPSA) is 56.8 Å². The Labute approximate surface area is 105 Å². The Morgan fingerprint density at radius 1 is 1.47 bits per heavy atom. The van der Waals surface area contributed by atoms with Crippen LogP contribution in [0.25, 0.3) is 0 Å². The van der Waals surface area contributed by atoms with E-state index in [1.54, 1.807) is 11.3 Å². The first-order valence-corrected chi connectivity index (χ1v) is 6.41. The van der Waals surface area contributed by atoms with Gasteiger partial charge < -0.3 is 10.2 Å². The SMILES string of the molecule is Cc1cc(CCNc2nc(N(C)C)n[nH]2)cs1. The van der Waals surface area contributed by atoms with Crippen molar-refractivity contribution >= 4 is 23.2 Å². The van der Waals surface area contributed by atoms with Crippen LogP contribution in [0.3, 0.4) is 0 Å². The normalized spacial score (nSPS) is 10.5. The molecule has 2 aromatic heterocycles. The summed E-state index contributed by atoms with van der Waals surface area (Å²) < 4.78 is 0. The molecule has 0 saturated heterocycles. The molecule has 92 valence electrons. The van der Waals surface area contributed by atoms with E-state index >= 15 is 0 Å². The number of nitrogens with one attached hydrogen (secondary N) is 2. The lowest BCUT2D eigenvalue weighted by Gasteiger charge is -2.04. The Bertz CT molecular complexity index is 474. The van der Waals surface area contributed by atoms with Crippen molar-refractivity contribution in [2.24, 2.45) is 0 Å². The smallest absolute Gasteiger partial charge is 0.245 e. The Morgan fingerprint density at radius 3 is 2.88 bits per heavy atom. The van der Waals surface area contributed by atoms with Crippen molar-refractivity contribution in [2.75, 3.05) is 30.9 Å². The number of rotatable bonds is 5. The Hall–Kier alpha value is -1.56. The standard InChI is InChI=1S/C11H17N5S/c1-8-6-9(7-17-8)4-5-12-10-13-11(15-14-10)16(2)3/h6-7H,4-5H2,1-3H3,(H2,12,13,14,15). The van der Waals surface area contributed by atoms with Crippen LogP contribution in [0.2, 0.25) is 0 Å². The highest BCUT2D eigenvalue weighted by Crippen LogP contribution is 2.13. The van der Waals surface area contributed by atoms with Crippen LogP contribution >= 0.6 is 11.3 Å². The molecule has 0 saturated carbocycles. The third-order valence-corrected chi connectivity index (χ3v) is 3.27. The largest absolute Gasteiger partial charge is 0.354 e. The van der Waals surface area contributed by atoms with Crippen LogP contribution in [0.1, 0.15) is 10.4 Å². The van der Waals surface area contributed by atoms with E-state index in [1.807, 2.05) is 19.0 Å². The number of nitrogens with zero attached hydrogens (tertiary/aromatic N) is 3. The van der Waals surface area contributed by atoms with E-state index < -0.39 is 0 Å². The van der Waals surface area contributed by atoms with Crippen molar-refractivity contribution in [3.8, 4) is 0 Å². The van der Waals surface area contributed by atoms with Crippen molar-refractivity contribution in [1.29, 1.82) is 0 Å². The molecule has 5 nitrogen and oxygen atoms in total. The average molecular weight is 251 g/mol. The maximum Gasteiger partial charge on any atom is 0.245 e. The second-order valence-corrected chi connectivity index (χ2v) is 5.24. The van der Waals surface area contributed by atoms with E-state index in [0.29, 0.717) is 5.95 Å². The molecular weight excluding hydrogens is 234 g/mol. The minimum atomic E-state index is 0.693. The molecule has 2 rings (SSSR count). The van der Waals surface area contributed by atoms with E-state index in [4.69, 9.17) is 0 Å². The predicted octanol–water partition coefficient (Wildman–Crippen LogP) is 1.90. The molecule has 0 radical (unpaired) electrons. The molecule has 2 aromatic rings. The van der Waals surface area contributed by atoms with Crippen LogP contribution in [-0.4, -0.2) is 35.8 Å². The zero-order valence-corrected chi connectivity index (χ0v) is 11.1. The molecule has 17 heavy (non-hydrogen) atoms. The van der Waals surface area contributed by atoms with E-state index in [0.717, 1.165) is 18.9 Å². The zero-order chi connectivity index (χ0) is 12.3. The van der Waals surface area contributed by atoms with Crippen molar-refractivity contribution in [3.63, 3.8) is 0 Å². The summed E-state index contributed by atoms with van der Waals surface area (Å²) in [4.78, 5) is 7.52. The molecule has 0 aliphatic heterocycles. The minimum Gasteiger partial charge on any atom is -0.354 e. The highest BCUT2D eigenvalue weighted by Gasteiger charge is 2.03. The van der Waals surface area contributed by atoms with Crippen LogP contribution in [0, 0.1) is 6.92 Å². The fourth-order valence-corrected chi connectivity index (χ4v) is 2.23. The summed E-state index contributed by atoms with van der Waals surface area (Å²) in [5.41, 5.74) is 1.37. The Morgan fingerprint density at radius 2 is 2.29 bits per heavy atom. The number of thiophene rings is 1. The second kappa shape index (κ2) is 5.18. The van der Waals surface area contributed by atoms with Gasteiger partial charge in [-0.05, 0) is 30.4 Å². The number of anilines is 2. The molecule has 0 fully saturated rings. The second-order valence-electron chi connectivity index (χ2n) is 4.12. The highest BCUT2D eigenvalue weighted by molar-refractivity contribution is 7.10. The van der Waals surface area contributed by atoms with Crippen molar-refractivity contribution in [2.45, 2.75) is 13.3 Å². The van der Waals surface area contributed by atoms with Crippen molar-refractivity contribution in [1.82, 2.24) is 15.2 Å². The molecule has 2 N–H and O–H groups in total. The van der Waals surface area contributed by atoms with Gasteiger partial charge in [-0.25, -0.2) is 5.10 Å². The monoisotopic (exact) mass is 251 g/mol. The summed E-state index contributed by atoms with van der Waals surface area (Å²) in [6, 6.07) is 2.22. The zero-order valence-electron chi connectivity index (χ0n) is 10.3. The number of aromatic amines is 1. The molecule has 0 bridgehead atoms. The lowest BCUT2D eigenvalue weighted by atomic mass is 10.2. The molecule has 0 aliphatic carbocycles. The number of aryl methyl sites for hydroxylation is 1.